The molecule has 0 aliphatic rings. The lowest BCUT2D eigenvalue weighted by molar-refractivity contribution is -0.138. The first-order chi connectivity index (χ1) is 8.09. The van der Waals surface area contributed by atoms with Crippen molar-refractivity contribution in [2.75, 3.05) is 0 Å². The van der Waals surface area contributed by atoms with Crippen molar-refractivity contribution in [2.45, 2.75) is 12.8 Å². The van der Waals surface area contributed by atoms with Gasteiger partial charge < -0.3 is 10.2 Å². The van der Waals surface area contributed by atoms with Crippen molar-refractivity contribution < 1.29 is 15.0 Å². The predicted molar refractivity (Wildman–Crippen MR) is 59.1 cm³/mol. The zero-order valence-corrected chi connectivity index (χ0v) is 9.11. The molecule has 0 bridgehead atoms. The van der Waals surface area contributed by atoms with Crippen LogP contribution in [-0.4, -0.2) is 31.2 Å². The van der Waals surface area contributed by atoms with E-state index in [1.807, 2.05) is 0 Å². The van der Waals surface area contributed by atoms with Crippen LogP contribution < -0.4 is 0 Å². The number of hydrogen-bond donors (Lipinski definition) is 2. The lowest BCUT2D eigenvalue weighted by atomic mass is 10.1. The first kappa shape index (κ1) is 11.1. The average molecular weight is 233 g/mol. The molecule has 0 radical (unpaired) electrons. The van der Waals surface area contributed by atoms with Crippen LogP contribution in [0.4, 0.5) is 0 Å². The third-order valence-electron chi connectivity index (χ3n) is 2.48. The summed E-state index contributed by atoms with van der Waals surface area (Å²) in [7, 11) is 0. The summed E-state index contributed by atoms with van der Waals surface area (Å²) in [6.07, 6.45) is 1.42. The number of aromatic hydroxyl groups is 1. The molecule has 0 spiro atoms. The number of phenolic OH excluding ortho intramolecular Hbond substituents is 1. The summed E-state index contributed by atoms with van der Waals surface area (Å²) < 4.78 is 1.44. The normalized spacial score (nSPS) is 12.3. The lowest BCUT2D eigenvalue weighted by Gasteiger charge is -2.09. The first-order valence-electron chi connectivity index (χ1n) is 5.02. The minimum Gasteiger partial charge on any atom is -0.508 e. The molecular formula is C11H11N3O3. The van der Waals surface area contributed by atoms with Gasteiger partial charge in [-0.1, -0.05) is 5.21 Å². The molecule has 1 heterocycles. The fourth-order valence-electron chi connectivity index (χ4n) is 1.46. The Morgan fingerprint density at radius 3 is 2.59 bits per heavy atom. The second-order valence-corrected chi connectivity index (χ2v) is 3.65. The maximum absolute atomic E-state index is 10.9. The van der Waals surface area contributed by atoms with Gasteiger partial charge >= 0.3 is 5.97 Å². The van der Waals surface area contributed by atoms with Gasteiger partial charge in [-0.2, -0.15) is 0 Å². The fourth-order valence-corrected chi connectivity index (χ4v) is 1.46. The number of aromatic nitrogens is 3. The smallest absolute Gasteiger partial charge is 0.312 e. The Hall–Kier alpha value is -2.37. The van der Waals surface area contributed by atoms with Crippen molar-refractivity contribution in [1.82, 2.24) is 15.0 Å². The van der Waals surface area contributed by atoms with E-state index in [0.717, 1.165) is 0 Å². The molecule has 1 aromatic heterocycles. The molecule has 0 saturated heterocycles. The molecule has 2 N–H and O–H groups in total. The number of benzene rings is 1. The van der Waals surface area contributed by atoms with Crippen molar-refractivity contribution in [1.29, 1.82) is 0 Å². The van der Waals surface area contributed by atoms with Crippen LogP contribution in [0.25, 0.3) is 5.69 Å². The molecule has 2 rings (SSSR count). The molecule has 0 aliphatic carbocycles. The van der Waals surface area contributed by atoms with Gasteiger partial charge in [-0.15, -0.1) is 5.10 Å². The molecule has 1 unspecified atom stereocenters. The highest BCUT2D eigenvalue weighted by molar-refractivity contribution is 5.75. The minimum absolute atomic E-state index is 0.140. The molecule has 1 atom stereocenters. The molecule has 0 fully saturated rings. The summed E-state index contributed by atoms with van der Waals surface area (Å²) >= 11 is 0. The molecule has 0 aliphatic heterocycles. The maximum Gasteiger partial charge on any atom is 0.312 e. The number of aliphatic carboxylic acids is 1. The zero-order chi connectivity index (χ0) is 12.4. The van der Waals surface area contributed by atoms with Gasteiger partial charge in [0.05, 0.1) is 23.5 Å². The van der Waals surface area contributed by atoms with Crippen LogP contribution in [0, 0.1) is 0 Å². The number of hydrogen-bond acceptors (Lipinski definition) is 4. The number of phenols is 1. The van der Waals surface area contributed by atoms with E-state index in [1.165, 1.54) is 23.0 Å². The monoisotopic (exact) mass is 233 g/mol. The van der Waals surface area contributed by atoms with Crippen LogP contribution in [0.3, 0.4) is 0 Å². The third kappa shape index (κ3) is 2.10. The largest absolute Gasteiger partial charge is 0.508 e. The molecule has 6 nitrogen and oxygen atoms in total. The third-order valence-corrected chi connectivity index (χ3v) is 2.48. The maximum atomic E-state index is 10.9. The second kappa shape index (κ2) is 4.25. The van der Waals surface area contributed by atoms with Crippen molar-refractivity contribution in [3.63, 3.8) is 0 Å². The minimum atomic E-state index is -0.938. The van der Waals surface area contributed by atoms with Gasteiger partial charge in [0.1, 0.15) is 5.75 Å². The Morgan fingerprint density at radius 2 is 2.00 bits per heavy atom. The standard InChI is InChI=1S/C11H11N3O3/c1-7(11(16)17)10-6-12-13-14(10)8-2-4-9(15)5-3-8/h2-7,15H,1H3,(H,16,17). The predicted octanol–water partition coefficient (Wildman–Crippen LogP) is 1.16. The molecule has 6 heteroatoms. The SMILES string of the molecule is CC(C(=O)O)c1cnnn1-c1ccc(O)cc1. The Bertz CT molecular complexity index is 533. The Labute approximate surface area is 97.1 Å². The number of carbonyl (C=O) groups is 1. The molecular weight excluding hydrogens is 222 g/mol. The summed E-state index contributed by atoms with van der Waals surface area (Å²) in [4.78, 5) is 10.9. The fraction of sp³-hybridized carbons (Fsp3) is 0.182. The van der Waals surface area contributed by atoms with Crippen LogP contribution >= 0.6 is 0 Å². The summed E-state index contributed by atoms with van der Waals surface area (Å²) in [6.45, 7) is 1.57. The van der Waals surface area contributed by atoms with Gasteiger partial charge in [0.15, 0.2) is 0 Å². The topological polar surface area (TPSA) is 88.2 Å². The summed E-state index contributed by atoms with van der Waals surface area (Å²) in [5.41, 5.74) is 1.14. The lowest BCUT2D eigenvalue weighted by Crippen LogP contribution is -2.13. The summed E-state index contributed by atoms with van der Waals surface area (Å²) in [5.74, 6) is -1.49. The van der Waals surface area contributed by atoms with Gasteiger partial charge in [0.25, 0.3) is 0 Å². The van der Waals surface area contributed by atoms with Crippen LogP contribution in [0.5, 0.6) is 5.75 Å². The number of carboxylic acids is 1. The van der Waals surface area contributed by atoms with Gasteiger partial charge in [-0.3, -0.25) is 4.79 Å². The quantitative estimate of drug-likeness (QED) is 0.830. The molecule has 17 heavy (non-hydrogen) atoms. The summed E-state index contributed by atoms with van der Waals surface area (Å²) in [5, 5.41) is 25.7. The van der Waals surface area contributed by atoms with E-state index in [9.17, 15) is 9.90 Å². The Kier molecular flexibility index (Phi) is 2.78. The zero-order valence-electron chi connectivity index (χ0n) is 9.11. The highest BCUT2D eigenvalue weighted by Gasteiger charge is 2.19. The van der Waals surface area contributed by atoms with Crippen LogP contribution in [0.15, 0.2) is 30.5 Å². The van der Waals surface area contributed by atoms with Crippen molar-refractivity contribution >= 4 is 5.97 Å². The Morgan fingerprint density at radius 1 is 1.35 bits per heavy atom. The molecule has 88 valence electrons. The van der Waals surface area contributed by atoms with Crippen LogP contribution in [0.2, 0.25) is 0 Å². The van der Waals surface area contributed by atoms with E-state index in [-0.39, 0.29) is 5.75 Å². The average Bonchev–Trinajstić information content (AvgIpc) is 2.77. The molecule has 1 aromatic carbocycles. The second-order valence-electron chi connectivity index (χ2n) is 3.65. The van der Waals surface area contributed by atoms with Gasteiger partial charge in [-0.05, 0) is 31.2 Å². The highest BCUT2D eigenvalue weighted by Crippen LogP contribution is 2.19. The van der Waals surface area contributed by atoms with Crippen LogP contribution in [-0.2, 0) is 4.79 Å². The van der Waals surface area contributed by atoms with Crippen molar-refractivity contribution in [3.05, 3.63) is 36.2 Å². The van der Waals surface area contributed by atoms with Gasteiger partial charge in [0, 0.05) is 0 Å². The van der Waals surface area contributed by atoms with Crippen molar-refractivity contribution in [3.8, 4) is 11.4 Å². The molecule has 2 aromatic rings. The number of rotatable bonds is 3. The number of nitrogens with zero attached hydrogens (tertiary/aromatic N) is 3. The van der Waals surface area contributed by atoms with Gasteiger partial charge in [0.2, 0.25) is 0 Å². The van der Waals surface area contributed by atoms with E-state index in [0.29, 0.717) is 11.4 Å². The van der Waals surface area contributed by atoms with E-state index < -0.39 is 11.9 Å². The summed E-state index contributed by atoms with van der Waals surface area (Å²) in [6, 6.07) is 6.29. The number of carboxylic acid groups (broad SMARTS) is 1. The van der Waals surface area contributed by atoms with E-state index in [4.69, 9.17) is 5.11 Å². The van der Waals surface area contributed by atoms with E-state index in [2.05, 4.69) is 10.3 Å². The molecule has 0 saturated carbocycles. The first-order valence-corrected chi connectivity index (χ1v) is 5.02. The molecule has 0 amide bonds. The van der Waals surface area contributed by atoms with Gasteiger partial charge in [-0.25, -0.2) is 4.68 Å². The van der Waals surface area contributed by atoms with E-state index >= 15 is 0 Å². The Balaban J connectivity index is 2.43. The highest BCUT2D eigenvalue weighted by atomic mass is 16.4. The van der Waals surface area contributed by atoms with Crippen LogP contribution in [0.1, 0.15) is 18.5 Å². The van der Waals surface area contributed by atoms with Crippen molar-refractivity contribution in [2.24, 2.45) is 0 Å². The van der Waals surface area contributed by atoms with E-state index in [1.54, 1.807) is 19.1 Å².